The van der Waals surface area contributed by atoms with Gasteiger partial charge >= 0.3 is 0 Å². The molecule has 0 amide bonds. The molecule has 0 aliphatic carbocycles. The van der Waals surface area contributed by atoms with Crippen LogP contribution in [0.2, 0.25) is 0 Å². The minimum absolute atomic E-state index is 0.717. The molecule has 0 saturated heterocycles. The predicted octanol–water partition coefficient (Wildman–Crippen LogP) is 2.73. The van der Waals surface area contributed by atoms with E-state index in [4.69, 9.17) is 5.73 Å². The maximum absolute atomic E-state index is 5.79. The molecule has 0 saturated carbocycles. The lowest BCUT2D eigenvalue weighted by atomic mass is 9.94. The predicted molar refractivity (Wildman–Crippen MR) is 69.0 cm³/mol. The molecule has 0 radical (unpaired) electrons. The first-order valence-corrected chi connectivity index (χ1v) is 6.48. The number of rotatable bonds is 9. The van der Waals surface area contributed by atoms with Crippen LogP contribution in [0.15, 0.2) is 0 Å². The van der Waals surface area contributed by atoms with E-state index >= 15 is 0 Å². The second kappa shape index (κ2) is 9.17. The van der Waals surface area contributed by atoms with Crippen molar-refractivity contribution in [3.8, 4) is 0 Å². The maximum Gasteiger partial charge on any atom is -0.00187 e. The fourth-order valence-corrected chi connectivity index (χ4v) is 1.94. The van der Waals surface area contributed by atoms with Crippen molar-refractivity contribution in [2.75, 3.05) is 26.7 Å². The van der Waals surface area contributed by atoms with Crippen molar-refractivity contribution in [1.29, 1.82) is 0 Å². The third kappa shape index (κ3) is 8.88. The summed E-state index contributed by atoms with van der Waals surface area (Å²) in [6.45, 7) is 10.1. The van der Waals surface area contributed by atoms with Crippen LogP contribution in [0.4, 0.5) is 0 Å². The Hall–Kier alpha value is -0.0800. The van der Waals surface area contributed by atoms with E-state index in [1.165, 1.54) is 38.8 Å². The lowest BCUT2D eigenvalue weighted by Gasteiger charge is -2.21. The van der Waals surface area contributed by atoms with Crippen molar-refractivity contribution >= 4 is 0 Å². The Morgan fingerprint density at radius 2 is 1.87 bits per heavy atom. The molecule has 0 heterocycles. The van der Waals surface area contributed by atoms with E-state index in [-0.39, 0.29) is 0 Å². The highest BCUT2D eigenvalue weighted by Crippen LogP contribution is 2.14. The molecule has 0 fully saturated rings. The average Bonchev–Trinajstić information content (AvgIpc) is 2.20. The Balaban J connectivity index is 3.60. The second-order valence-electron chi connectivity index (χ2n) is 5.18. The van der Waals surface area contributed by atoms with E-state index in [0.717, 1.165) is 12.5 Å². The third-order valence-corrected chi connectivity index (χ3v) is 2.95. The van der Waals surface area contributed by atoms with Gasteiger partial charge in [-0.15, -0.1) is 0 Å². The van der Waals surface area contributed by atoms with E-state index in [9.17, 15) is 0 Å². The van der Waals surface area contributed by atoms with Gasteiger partial charge in [-0.05, 0) is 57.8 Å². The summed E-state index contributed by atoms with van der Waals surface area (Å²) in [4.78, 5) is 2.44. The van der Waals surface area contributed by atoms with Crippen LogP contribution in [0.5, 0.6) is 0 Å². The summed E-state index contributed by atoms with van der Waals surface area (Å²) in [7, 11) is 2.22. The Morgan fingerprint density at radius 3 is 2.33 bits per heavy atom. The largest absolute Gasteiger partial charge is 0.330 e. The molecule has 0 aliphatic rings. The first kappa shape index (κ1) is 14.9. The van der Waals surface area contributed by atoms with Gasteiger partial charge in [-0.25, -0.2) is 0 Å². The number of unbranched alkanes of at least 4 members (excludes halogenated alkanes) is 1. The molecule has 0 bridgehead atoms. The molecule has 0 aromatic carbocycles. The van der Waals surface area contributed by atoms with Gasteiger partial charge in [0.25, 0.3) is 0 Å². The van der Waals surface area contributed by atoms with Crippen LogP contribution >= 0.6 is 0 Å². The molecule has 0 rings (SSSR count). The zero-order valence-corrected chi connectivity index (χ0v) is 11.1. The molecular weight excluding hydrogens is 184 g/mol. The first-order chi connectivity index (χ1) is 7.10. The van der Waals surface area contributed by atoms with Gasteiger partial charge in [0.2, 0.25) is 0 Å². The molecule has 92 valence electrons. The SMILES string of the molecule is CCCCN(C)CCC(CN)CC(C)C. The number of hydrogen-bond acceptors (Lipinski definition) is 2. The Kier molecular flexibility index (Phi) is 9.12. The molecule has 0 aliphatic heterocycles. The van der Waals surface area contributed by atoms with E-state index < -0.39 is 0 Å². The summed E-state index contributed by atoms with van der Waals surface area (Å²) in [5, 5.41) is 0. The second-order valence-corrected chi connectivity index (χ2v) is 5.18. The van der Waals surface area contributed by atoms with Crippen molar-refractivity contribution in [2.24, 2.45) is 17.6 Å². The van der Waals surface area contributed by atoms with Crippen molar-refractivity contribution in [3.63, 3.8) is 0 Å². The fourth-order valence-electron chi connectivity index (χ4n) is 1.94. The fraction of sp³-hybridized carbons (Fsp3) is 1.00. The van der Waals surface area contributed by atoms with Crippen LogP contribution in [0.1, 0.15) is 46.5 Å². The highest BCUT2D eigenvalue weighted by Gasteiger charge is 2.09. The topological polar surface area (TPSA) is 29.3 Å². The van der Waals surface area contributed by atoms with Gasteiger partial charge in [-0.2, -0.15) is 0 Å². The Labute approximate surface area is 96.2 Å². The summed E-state index contributed by atoms with van der Waals surface area (Å²) in [5.41, 5.74) is 5.79. The van der Waals surface area contributed by atoms with E-state index in [1.807, 2.05) is 0 Å². The van der Waals surface area contributed by atoms with Crippen molar-refractivity contribution in [3.05, 3.63) is 0 Å². The summed E-state index contributed by atoms with van der Waals surface area (Å²) in [6, 6.07) is 0. The molecule has 2 N–H and O–H groups in total. The van der Waals surface area contributed by atoms with Gasteiger partial charge in [-0.3, -0.25) is 0 Å². The normalized spacial score (nSPS) is 13.8. The summed E-state index contributed by atoms with van der Waals surface area (Å²) in [5.74, 6) is 1.49. The van der Waals surface area contributed by atoms with Gasteiger partial charge in [0.1, 0.15) is 0 Å². The standard InChI is InChI=1S/C13H30N2/c1-5-6-8-15(4)9-7-13(11-14)10-12(2)3/h12-13H,5-11,14H2,1-4H3. The first-order valence-electron chi connectivity index (χ1n) is 6.48. The molecule has 1 atom stereocenters. The number of hydrogen-bond donors (Lipinski definition) is 1. The smallest absolute Gasteiger partial charge is 0.00187 e. The van der Waals surface area contributed by atoms with Crippen LogP contribution in [-0.2, 0) is 0 Å². The minimum atomic E-state index is 0.717. The zero-order chi connectivity index (χ0) is 11.7. The summed E-state index contributed by atoms with van der Waals surface area (Å²) in [6.07, 6.45) is 5.14. The van der Waals surface area contributed by atoms with Crippen LogP contribution < -0.4 is 5.73 Å². The van der Waals surface area contributed by atoms with Crippen molar-refractivity contribution < 1.29 is 0 Å². The van der Waals surface area contributed by atoms with E-state index in [1.54, 1.807) is 0 Å². The van der Waals surface area contributed by atoms with Crippen LogP contribution in [-0.4, -0.2) is 31.6 Å². The molecule has 1 unspecified atom stereocenters. The molecule has 0 aromatic heterocycles. The van der Waals surface area contributed by atoms with Crippen LogP contribution in [0.3, 0.4) is 0 Å². The number of nitrogens with two attached hydrogens (primary N) is 1. The van der Waals surface area contributed by atoms with Crippen molar-refractivity contribution in [2.45, 2.75) is 46.5 Å². The Morgan fingerprint density at radius 1 is 1.20 bits per heavy atom. The van der Waals surface area contributed by atoms with Crippen LogP contribution in [0, 0.1) is 11.8 Å². The highest BCUT2D eigenvalue weighted by atomic mass is 15.1. The van der Waals surface area contributed by atoms with E-state index in [2.05, 4.69) is 32.7 Å². The quantitative estimate of drug-likeness (QED) is 0.639. The van der Waals surface area contributed by atoms with E-state index in [0.29, 0.717) is 5.92 Å². The summed E-state index contributed by atoms with van der Waals surface area (Å²) >= 11 is 0. The van der Waals surface area contributed by atoms with Gasteiger partial charge in [-0.1, -0.05) is 27.2 Å². The van der Waals surface area contributed by atoms with Gasteiger partial charge in [0.15, 0.2) is 0 Å². The average molecular weight is 214 g/mol. The number of nitrogens with zero attached hydrogens (tertiary/aromatic N) is 1. The minimum Gasteiger partial charge on any atom is -0.330 e. The van der Waals surface area contributed by atoms with Gasteiger partial charge < -0.3 is 10.6 Å². The molecule has 0 spiro atoms. The Bertz CT molecular complexity index is 134. The molecule has 2 nitrogen and oxygen atoms in total. The van der Waals surface area contributed by atoms with Gasteiger partial charge in [0.05, 0.1) is 0 Å². The molecule has 2 heteroatoms. The van der Waals surface area contributed by atoms with Crippen molar-refractivity contribution in [1.82, 2.24) is 4.90 Å². The lowest BCUT2D eigenvalue weighted by molar-refractivity contribution is 0.281. The highest BCUT2D eigenvalue weighted by molar-refractivity contribution is 4.64. The molecular formula is C13H30N2. The lowest BCUT2D eigenvalue weighted by Crippen LogP contribution is -2.26. The monoisotopic (exact) mass is 214 g/mol. The molecule has 0 aromatic rings. The summed E-state index contributed by atoms with van der Waals surface area (Å²) < 4.78 is 0. The van der Waals surface area contributed by atoms with Crippen LogP contribution in [0.25, 0.3) is 0 Å². The maximum atomic E-state index is 5.79. The zero-order valence-electron chi connectivity index (χ0n) is 11.1. The van der Waals surface area contributed by atoms with Gasteiger partial charge in [0, 0.05) is 0 Å². The molecule has 15 heavy (non-hydrogen) atoms. The third-order valence-electron chi connectivity index (χ3n) is 2.95.